The molecular formula is C26H58O7. The third kappa shape index (κ3) is 137. The zero-order chi connectivity index (χ0) is 27.5. The van der Waals surface area contributed by atoms with Gasteiger partial charge in [0.15, 0.2) is 0 Å². The van der Waals surface area contributed by atoms with Gasteiger partial charge in [0, 0.05) is 27.4 Å². The molecule has 33 heavy (non-hydrogen) atoms. The van der Waals surface area contributed by atoms with Crippen LogP contribution in [0, 0.1) is 5.92 Å². The van der Waals surface area contributed by atoms with Gasteiger partial charge in [0.05, 0.1) is 19.8 Å². The van der Waals surface area contributed by atoms with E-state index >= 15 is 0 Å². The van der Waals surface area contributed by atoms with Crippen LogP contribution in [0.1, 0.15) is 122 Å². The maximum atomic E-state index is 9.82. The van der Waals surface area contributed by atoms with Crippen molar-refractivity contribution in [1.29, 1.82) is 0 Å². The lowest BCUT2D eigenvalue weighted by molar-refractivity contribution is -0.141. The van der Waals surface area contributed by atoms with Gasteiger partial charge in [-0.05, 0) is 33.6 Å². The highest BCUT2D eigenvalue weighted by atomic mass is 16.5. The van der Waals surface area contributed by atoms with Crippen molar-refractivity contribution in [2.45, 2.75) is 122 Å². The van der Waals surface area contributed by atoms with Crippen LogP contribution in [0.15, 0.2) is 0 Å². The number of unbranched alkanes of at least 4 members (excludes halogenated alkanes) is 3. The summed E-state index contributed by atoms with van der Waals surface area (Å²) in [5.41, 5.74) is 0. The highest BCUT2D eigenvalue weighted by Crippen LogP contribution is 2.00. The second-order valence-corrected chi connectivity index (χ2v) is 6.98. The third-order valence-corrected chi connectivity index (χ3v) is 2.87. The average Bonchev–Trinajstić information content (AvgIpc) is 2.68. The first-order valence-corrected chi connectivity index (χ1v) is 12.4. The molecule has 0 rings (SSSR count). The summed E-state index contributed by atoms with van der Waals surface area (Å²) in [4.78, 5) is 29.5. The van der Waals surface area contributed by atoms with E-state index in [1.165, 1.54) is 59.3 Å². The summed E-state index contributed by atoms with van der Waals surface area (Å²) in [7, 11) is 0. The van der Waals surface area contributed by atoms with Crippen LogP contribution in [-0.2, 0) is 28.6 Å². The van der Waals surface area contributed by atoms with E-state index in [1.807, 2.05) is 0 Å². The quantitative estimate of drug-likeness (QED) is 0.232. The molecule has 0 aromatic carbocycles. The Morgan fingerprint density at radius 1 is 0.606 bits per heavy atom. The van der Waals surface area contributed by atoms with Gasteiger partial charge in [-0.25, -0.2) is 0 Å². The van der Waals surface area contributed by atoms with Crippen LogP contribution < -0.4 is 0 Å². The smallest absolute Gasteiger partial charge is 0.302 e. The monoisotopic (exact) mass is 482 g/mol. The van der Waals surface area contributed by atoms with Gasteiger partial charge in [-0.15, -0.1) is 0 Å². The number of carbonyl (C=O) groups excluding carboxylic acids is 3. The van der Waals surface area contributed by atoms with Crippen LogP contribution in [0.25, 0.3) is 0 Å². The van der Waals surface area contributed by atoms with Gasteiger partial charge in [0.2, 0.25) is 0 Å². The molecule has 0 aliphatic heterocycles. The van der Waals surface area contributed by atoms with E-state index < -0.39 is 0 Å². The Hall–Kier alpha value is -1.63. The number of rotatable bonds is 8. The molecule has 0 fully saturated rings. The largest absolute Gasteiger partial charge is 0.466 e. The molecule has 0 amide bonds. The fraction of sp³-hybridized carbons (Fsp3) is 0.885. The Kier molecular flexibility index (Phi) is 65.3. The van der Waals surface area contributed by atoms with Gasteiger partial charge in [-0.1, -0.05) is 73.1 Å². The van der Waals surface area contributed by atoms with Crippen molar-refractivity contribution in [3.63, 3.8) is 0 Å². The second kappa shape index (κ2) is 48.0. The Morgan fingerprint density at radius 2 is 0.848 bits per heavy atom. The van der Waals surface area contributed by atoms with E-state index in [2.05, 4.69) is 48.8 Å². The number of aliphatic hydroxyl groups is 1. The molecule has 0 heterocycles. The van der Waals surface area contributed by atoms with Crippen molar-refractivity contribution in [2.75, 3.05) is 26.4 Å². The molecule has 0 atom stereocenters. The molecule has 0 spiro atoms. The van der Waals surface area contributed by atoms with Gasteiger partial charge in [0.25, 0.3) is 0 Å². The van der Waals surface area contributed by atoms with Gasteiger partial charge < -0.3 is 19.3 Å². The second-order valence-electron chi connectivity index (χ2n) is 6.98. The van der Waals surface area contributed by atoms with E-state index in [0.29, 0.717) is 19.8 Å². The molecule has 0 aliphatic carbocycles. The number of carbonyl (C=O) groups is 3. The van der Waals surface area contributed by atoms with Crippen LogP contribution in [0.5, 0.6) is 0 Å². The first-order chi connectivity index (χ1) is 15.4. The van der Waals surface area contributed by atoms with Crippen molar-refractivity contribution in [3.8, 4) is 0 Å². The van der Waals surface area contributed by atoms with Crippen LogP contribution in [0.3, 0.4) is 0 Å². The summed E-state index contributed by atoms with van der Waals surface area (Å²) in [5, 5.41) is 7.57. The molecule has 0 aromatic heterocycles. The topological polar surface area (TPSA) is 99.1 Å². The number of hydrogen-bond donors (Lipinski definition) is 1. The van der Waals surface area contributed by atoms with Gasteiger partial charge in [-0.3, -0.25) is 14.4 Å². The van der Waals surface area contributed by atoms with Crippen LogP contribution >= 0.6 is 0 Å². The molecule has 0 aliphatic rings. The molecule has 0 radical (unpaired) electrons. The normalized spacial score (nSPS) is 8.18. The summed E-state index contributed by atoms with van der Waals surface area (Å²) in [6, 6.07) is 0. The van der Waals surface area contributed by atoms with Crippen molar-refractivity contribution in [3.05, 3.63) is 0 Å². The molecule has 7 heteroatoms. The van der Waals surface area contributed by atoms with Gasteiger partial charge >= 0.3 is 17.9 Å². The summed E-state index contributed by atoms with van der Waals surface area (Å²) < 4.78 is 13.2. The number of esters is 3. The first kappa shape index (κ1) is 45.0. The molecule has 204 valence electrons. The fourth-order valence-electron chi connectivity index (χ4n) is 1.69. The number of ether oxygens (including phenoxy) is 3. The third-order valence-electron chi connectivity index (χ3n) is 2.87. The summed E-state index contributed by atoms with van der Waals surface area (Å²) in [5.74, 6) is 0.266. The average molecular weight is 483 g/mol. The first-order valence-electron chi connectivity index (χ1n) is 12.4. The minimum atomic E-state index is -0.211. The number of hydrogen-bond acceptors (Lipinski definition) is 7. The van der Waals surface area contributed by atoms with E-state index in [9.17, 15) is 14.4 Å². The van der Waals surface area contributed by atoms with Crippen molar-refractivity contribution >= 4 is 17.9 Å². The Bertz CT molecular complexity index is 315. The Balaban J connectivity index is -0.0000000670. The highest BCUT2D eigenvalue weighted by Gasteiger charge is 1.85. The van der Waals surface area contributed by atoms with Gasteiger partial charge in [0.1, 0.15) is 0 Å². The molecule has 1 N–H and O–H groups in total. The fourth-order valence-corrected chi connectivity index (χ4v) is 1.69. The van der Waals surface area contributed by atoms with Crippen LogP contribution in [-0.4, -0.2) is 49.4 Å². The minimum Gasteiger partial charge on any atom is -0.466 e. The Labute approximate surface area is 206 Å². The van der Waals surface area contributed by atoms with Crippen LogP contribution in [0.4, 0.5) is 0 Å². The van der Waals surface area contributed by atoms with Crippen molar-refractivity contribution < 1.29 is 33.7 Å². The van der Waals surface area contributed by atoms with E-state index in [1.54, 1.807) is 27.7 Å². The molecule has 0 bridgehead atoms. The summed E-state index contributed by atoms with van der Waals surface area (Å²) in [6.45, 7) is 24.1. The van der Waals surface area contributed by atoms with E-state index in [4.69, 9.17) is 5.11 Å². The predicted molar refractivity (Wildman–Crippen MR) is 139 cm³/mol. The summed E-state index contributed by atoms with van der Waals surface area (Å²) in [6.07, 6.45) is 8.24. The molecular weight excluding hydrogens is 424 g/mol. The zero-order valence-corrected chi connectivity index (χ0v) is 24.0. The summed E-state index contributed by atoms with van der Waals surface area (Å²) >= 11 is 0. The van der Waals surface area contributed by atoms with E-state index in [-0.39, 0.29) is 24.5 Å². The molecule has 7 nitrogen and oxygen atoms in total. The maximum absolute atomic E-state index is 9.82. The maximum Gasteiger partial charge on any atom is 0.302 e. The Morgan fingerprint density at radius 3 is 0.879 bits per heavy atom. The standard InChI is InChI=1S/2C6H14.3C4H8O2.C2H6O/c1-4-5-6(2)3;1-3-5-6-4-2;3*1-3-6-4(2)5;1-2-3/h6H,4-5H2,1-3H3;3-6H2,1-2H3;3*3H2,1-2H3;3H,2H2,1H3. The van der Waals surface area contributed by atoms with Crippen molar-refractivity contribution in [1.82, 2.24) is 0 Å². The number of aliphatic hydroxyl groups excluding tert-OH is 1. The zero-order valence-electron chi connectivity index (χ0n) is 24.0. The molecule has 0 saturated carbocycles. The lowest BCUT2D eigenvalue weighted by atomic mass is 10.1. The lowest BCUT2D eigenvalue weighted by Gasteiger charge is -1.95. The molecule has 0 aromatic rings. The predicted octanol–water partition coefficient (Wildman–Crippen LogP) is 6.74. The van der Waals surface area contributed by atoms with E-state index in [0.717, 1.165) is 5.92 Å². The lowest BCUT2D eigenvalue weighted by Crippen LogP contribution is -1.95. The minimum absolute atomic E-state index is 0.211. The molecule has 0 saturated heterocycles. The van der Waals surface area contributed by atoms with Crippen molar-refractivity contribution in [2.24, 2.45) is 5.92 Å². The van der Waals surface area contributed by atoms with Gasteiger partial charge in [-0.2, -0.15) is 0 Å². The SMILES string of the molecule is CCCC(C)C.CCCCCC.CCO.CCOC(C)=O.CCOC(C)=O.CCOC(C)=O. The highest BCUT2D eigenvalue weighted by molar-refractivity contribution is 5.66. The molecule has 0 unspecified atom stereocenters. The van der Waals surface area contributed by atoms with Crippen LogP contribution in [0.2, 0.25) is 0 Å².